The number of nitrogens with one attached hydrogen (secondary N) is 3. The first-order valence-corrected chi connectivity index (χ1v) is 10.8. The number of aryl methyl sites for hydroxylation is 1. The van der Waals surface area contributed by atoms with Crippen LogP contribution >= 0.6 is 0 Å². The van der Waals surface area contributed by atoms with Crippen LogP contribution in [0.1, 0.15) is 39.2 Å². The highest BCUT2D eigenvalue weighted by Crippen LogP contribution is 2.23. The zero-order valence-electron chi connectivity index (χ0n) is 19.1. The van der Waals surface area contributed by atoms with E-state index in [2.05, 4.69) is 31.0 Å². The maximum absolute atomic E-state index is 13.0. The van der Waals surface area contributed by atoms with Gasteiger partial charge in [-0.25, -0.2) is 9.67 Å². The third-order valence-corrected chi connectivity index (χ3v) is 5.32. The molecule has 4 rings (SSSR count). The Morgan fingerprint density at radius 1 is 0.829 bits per heavy atom. The second-order valence-corrected chi connectivity index (χ2v) is 7.76. The van der Waals surface area contributed by atoms with E-state index in [9.17, 15) is 14.4 Å². The van der Waals surface area contributed by atoms with Gasteiger partial charge in [0, 0.05) is 29.3 Å². The summed E-state index contributed by atoms with van der Waals surface area (Å²) in [7, 11) is 0. The number of benzene rings is 2. The number of aromatic nitrogens is 4. The van der Waals surface area contributed by atoms with Gasteiger partial charge in [-0.3, -0.25) is 19.4 Å². The van der Waals surface area contributed by atoms with E-state index in [1.807, 2.05) is 13.0 Å². The van der Waals surface area contributed by atoms with Crippen LogP contribution in [0, 0.1) is 6.92 Å². The van der Waals surface area contributed by atoms with Gasteiger partial charge in [0.2, 0.25) is 5.91 Å². The summed E-state index contributed by atoms with van der Waals surface area (Å²) in [6.45, 7) is 3.53. The van der Waals surface area contributed by atoms with Gasteiger partial charge in [-0.15, -0.1) is 0 Å². The lowest BCUT2D eigenvalue weighted by atomic mass is 10.1. The van der Waals surface area contributed by atoms with E-state index in [-0.39, 0.29) is 17.7 Å². The average Bonchev–Trinajstić information content (AvgIpc) is 3.41. The van der Waals surface area contributed by atoms with Crippen molar-refractivity contribution in [2.45, 2.75) is 19.9 Å². The highest BCUT2D eigenvalue weighted by Gasteiger charge is 2.18. The van der Waals surface area contributed by atoms with Gasteiger partial charge in [0.05, 0.1) is 11.3 Å². The normalized spacial score (nSPS) is 11.4. The number of anilines is 3. The van der Waals surface area contributed by atoms with Gasteiger partial charge in [0.1, 0.15) is 18.7 Å². The summed E-state index contributed by atoms with van der Waals surface area (Å²) in [5.74, 6) is -0.965. The number of carbonyl (C=O) groups excluding carboxylic acids is 3. The van der Waals surface area contributed by atoms with Gasteiger partial charge in [0.15, 0.2) is 0 Å². The van der Waals surface area contributed by atoms with Crippen LogP contribution in [0.5, 0.6) is 0 Å². The lowest BCUT2D eigenvalue weighted by Crippen LogP contribution is -2.24. The van der Waals surface area contributed by atoms with Crippen LogP contribution in [-0.4, -0.2) is 37.5 Å². The van der Waals surface area contributed by atoms with Crippen LogP contribution in [0.3, 0.4) is 0 Å². The first-order chi connectivity index (χ1) is 16.9. The van der Waals surface area contributed by atoms with E-state index < -0.39 is 6.04 Å². The zero-order chi connectivity index (χ0) is 24.8. The van der Waals surface area contributed by atoms with Gasteiger partial charge in [0.25, 0.3) is 11.8 Å². The molecule has 0 spiro atoms. The van der Waals surface area contributed by atoms with E-state index in [1.54, 1.807) is 55.5 Å². The minimum Gasteiger partial charge on any atom is -0.324 e. The quantitative estimate of drug-likeness (QED) is 0.378. The summed E-state index contributed by atoms with van der Waals surface area (Å²) >= 11 is 0. The maximum atomic E-state index is 13.0. The molecule has 0 aliphatic rings. The molecule has 2 aromatic heterocycles. The SMILES string of the molecule is Cc1cccc(C(=O)Nc2ccc(NC(=O)C(C)n3cncn3)cc2)c1NC(=O)c1ccncc1. The molecule has 3 N–H and O–H groups in total. The van der Waals surface area contributed by atoms with Crippen LogP contribution in [0.4, 0.5) is 17.1 Å². The summed E-state index contributed by atoms with van der Waals surface area (Å²) in [5.41, 5.74) is 3.04. The molecule has 0 saturated heterocycles. The number of hydrogen-bond acceptors (Lipinski definition) is 6. The van der Waals surface area contributed by atoms with Crippen molar-refractivity contribution < 1.29 is 14.4 Å². The third-order valence-electron chi connectivity index (χ3n) is 5.32. The van der Waals surface area contributed by atoms with Gasteiger partial charge in [-0.1, -0.05) is 12.1 Å². The fraction of sp³-hybridized carbons (Fsp3) is 0.120. The van der Waals surface area contributed by atoms with Gasteiger partial charge >= 0.3 is 0 Å². The number of rotatable bonds is 7. The molecule has 3 amide bonds. The Morgan fingerprint density at radius 2 is 1.51 bits per heavy atom. The topological polar surface area (TPSA) is 131 Å². The molecule has 0 fully saturated rings. The molecule has 4 aromatic rings. The third kappa shape index (κ3) is 5.56. The molecule has 176 valence electrons. The molecule has 10 heteroatoms. The lowest BCUT2D eigenvalue weighted by molar-refractivity contribution is -0.119. The number of para-hydroxylation sites is 1. The van der Waals surface area contributed by atoms with Crippen LogP contribution in [0.2, 0.25) is 0 Å². The van der Waals surface area contributed by atoms with Crippen LogP contribution < -0.4 is 16.0 Å². The highest BCUT2D eigenvalue weighted by atomic mass is 16.2. The Labute approximate surface area is 201 Å². The molecule has 2 heterocycles. The number of hydrogen-bond donors (Lipinski definition) is 3. The monoisotopic (exact) mass is 469 g/mol. The maximum Gasteiger partial charge on any atom is 0.257 e. The van der Waals surface area contributed by atoms with Crippen molar-refractivity contribution in [3.05, 3.63) is 96.3 Å². The first kappa shape index (κ1) is 23.3. The molecular formula is C25H23N7O3. The molecule has 0 aliphatic heterocycles. The summed E-state index contributed by atoms with van der Waals surface area (Å²) in [5, 5.41) is 12.4. The molecule has 0 bridgehead atoms. The fourth-order valence-corrected chi connectivity index (χ4v) is 3.33. The second kappa shape index (κ2) is 10.4. The van der Waals surface area contributed by atoms with Crippen molar-refractivity contribution in [3.63, 3.8) is 0 Å². The van der Waals surface area contributed by atoms with Crippen molar-refractivity contribution in [3.8, 4) is 0 Å². The van der Waals surface area contributed by atoms with E-state index in [0.29, 0.717) is 28.2 Å². The molecule has 0 saturated carbocycles. The first-order valence-electron chi connectivity index (χ1n) is 10.8. The highest BCUT2D eigenvalue weighted by molar-refractivity contribution is 6.13. The second-order valence-electron chi connectivity index (χ2n) is 7.76. The summed E-state index contributed by atoms with van der Waals surface area (Å²) in [6, 6.07) is 14.6. The van der Waals surface area contributed by atoms with E-state index in [0.717, 1.165) is 5.56 Å². The average molecular weight is 470 g/mol. The van der Waals surface area contributed by atoms with Crippen LogP contribution in [0.25, 0.3) is 0 Å². The molecule has 1 atom stereocenters. The lowest BCUT2D eigenvalue weighted by Gasteiger charge is -2.15. The Hall–Kier alpha value is -4.86. The smallest absolute Gasteiger partial charge is 0.257 e. The van der Waals surface area contributed by atoms with Gasteiger partial charge in [-0.2, -0.15) is 5.10 Å². The number of carbonyl (C=O) groups is 3. The Kier molecular flexibility index (Phi) is 6.91. The molecule has 2 aromatic carbocycles. The van der Waals surface area contributed by atoms with Gasteiger partial charge < -0.3 is 16.0 Å². The summed E-state index contributed by atoms with van der Waals surface area (Å²) in [6.07, 6.45) is 5.90. The number of amides is 3. The summed E-state index contributed by atoms with van der Waals surface area (Å²) < 4.78 is 1.46. The Bertz CT molecular complexity index is 1340. The summed E-state index contributed by atoms with van der Waals surface area (Å²) in [4.78, 5) is 45.8. The predicted molar refractivity (Wildman–Crippen MR) is 131 cm³/mol. The van der Waals surface area contributed by atoms with E-state index in [4.69, 9.17) is 0 Å². The number of pyridine rings is 1. The van der Waals surface area contributed by atoms with Crippen molar-refractivity contribution in [1.29, 1.82) is 0 Å². The predicted octanol–water partition coefficient (Wildman–Crippen LogP) is 3.69. The van der Waals surface area contributed by atoms with Crippen molar-refractivity contribution in [1.82, 2.24) is 19.7 Å². The van der Waals surface area contributed by atoms with Gasteiger partial charge in [-0.05, 0) is 61.9 Å². The van der Waals surface area contributed by atoms with Crippen molar-refractivity contribution in [2.75, 3.05) is 16.0 Å². The molecular weight excluding hydrogens is 446 g/mol. The molecule has 35 heavy (non-hydrogen) atoms. The molecule has 0 radical (unpaired) electrons. The molecule has 10 nitrogen and oxygen atoms in total. The Morgan fingerprint density at radius 3 is 2.17 bits per heavy atom. The van der Waals surface area contributed by atoms with Crippen molar-refractivity contribution in [2.24, 2.45) is 0 Å². The van der Waals surface area contributed by atoms with Crippen LogP contribution in [0.15, 0.2) is 79.6 Å². The van der Waals surface area contributed by atoms with E-state index in [1.165, 1.54) is 29.7 Å². The van der Waals surface area contributed by atoms with Crippen molar-refractivity contribution >= 4 is 34.8 Å². The fourth-order valence-electron chi connectivity index (χ4n) is 3.33. The van der Waals surface area contributed by atoms with Crippen LogP contribution in [-0.2, 0) is 4.79 Å². The molecule has 1 unspecified atom stereocenters. The minimum atomic E-state index is -0.529. The number of nitrogens with zero attached hydrogens (tertiary/aromatic N) is 4. The van der Waals surface area contributed by atoms with E-state index >= 15 is 0 Å². The Balaban J connectivity index is 1.44. The molecule has 0 aliphatic carbocycles. The minimum absolute atomic E-state index is 0.248. The zero-order valence-corrected chi connectivity index (χ0v) is 19.1. The standard InChI is InChI=1S/C25H23N7O3/c1-16-4-3-5-21(22(16)31-24(34)18-10-12-26-13-11-18)25(35)30-20-8-6-19(7-9-20)29-23(33)17(2)32-15-27-14-28-32/h3-15,17H,1-2H3,(H,29,33)(H,30,35)(H,31,34). The largest absolute Gasteiger partial charge is 0.324 e.